The molecule has 0 atom stereocenters. The van der Waals surface area contributed by atoms with Gasteiger partial charge in [0.25, 0.3) is 0 Å². The zero-order valence-electron chi connectivity index (χ0n) is 5.21. The molecule has 58 valence electrons. The number of carboxylic acids is 1. The van der Waals surface area contributed by atoms with Crippen LogP contribution in [0.25, 0.3) is 0 Å². The van der Waals surface area contributed by atoms with Crippen LogP contribution in [0.4, 0.5) is 4.39 Å². The van der Waals surface area contributed by atoms with Gasteiger partial charge < -0.3 is 5.11 Å². The monoisotopic (exact) mass is 267 g/mol. The van der Waals surface area contributed by atoms with E-state index in [2.05, 4.69) is 4.98 Å². The first-order valence-corrected chi connectivity index (χ1v) is 3.73. The largest absolute Gasteiger partial charge is 0.478 e. The summed E-state index contributed by atoms with van der Waals surface area (Å²) in [5.41, 5.74) is -0.343. The van der Waals surface area contributed by atoms with Gasteiger partial charge in [0.15, 0.2) is 5.82 Å². The number of hydrogen-bond acceptors (Lipinski definition) is 2. The van der Waals surface area contributed by atoms with E-state index in [1.54, 1.807) is 0 Å². The third kappa shape index (κ3) is 1.86. The minimum Gasteiger partial charge on any atom is -0.478 e. The molecule has 0 aliphatic rings. The Balaban J connectivity index is 3.23. The van der Waals surface area contributed by atoms with Crippen molar-refractivity contribution in [3.05, 3.63) is 27.3 Å². The second-order valence-electron chi connectivity index (χ2n) is 1.79. The van der Waals surface area contributed by atoms with Crippen LogP contribution in [-0.2, 0) is 0 Å². The van der Waals surface area contributed by atoms with Crippen LogP contribution >= 0.6 is 22.6 Å². The molecule has 1 heterocycles. The standard InChI is InChI=1S/C6H3FINO2/c7-4-2-9-5(8)1-3(4)6(10)11/h1-2H,(H,10,11). The number of aromatic carboxylic acids is 1. The molecule has 0 unspecified atom stereocenters. The molecule has 0 saturated heterocycles. The summed E-state index contributed by atoms with van der Waals surface area (Å²) in [5.74, 6) is -2.08. The van der Waals surface area contributed by atoms with Crippen LogP contribution in [-0.4, -0.2) is 16.1 Å². The highest BCUT2D eigenvalue weighted by Gasteiger charge is 2.10. The minimum atomic E-state index is -1.28. The lowest BCUT2D eigenvalue weighted by Crippen LogP contribution is -2.01. The average molecular weight is 267 g/mol. The minimum absolute atomic E-state index is 0.343. The van der Waals surface area contributed by atoms with Crippen molar-refractivity contribution in [1.82, 2.24) is 4.98 Å². The Morgan fingerprint density at radius 1 is 1.73 bits per heavy atom. The molecule has 3 nitrogen and oxygen atoms in total. The summed E-state index contributed by atoms with van der Waals surface area (Å²) in [5, 5.41) is 8.42. The molecule has 0 bridgehead atoms. The summed E-state index contributed by atoms with van der Waals surface area (Å²) in [6, 6.07) is 1.18. The molecule has 1 N–H and O–H groups in total. The number of hydrogen-bond donors (Lipinski definition) is 1. The number of nitrogens with zero attached hydrogens (tertiary/aromatic N) is 1. The molecule has 1 aromatic heterocycles. The van der Waals surface area contributed by atoms with Crippen LogP contribution in [0.2, 0.25) is 0 Å². The molecule has 0 spiro atoms. The smallest absolute Gasteiger partial charge is 0.338 e. The summed E-state index contributed by atoms with van der Waals surface area (Å²) in [6.07, 6.45) is 0.894. The zero-order valence-corrected chi connectivity index (χ0v) is 7.37. The van der Waals surface area contributed by atoms with E-state index < -0.39 is 11.8 Å². The lowest BCUT2D eigenvalue weighted by Gasteiger charge is -1.95. The van der Waals surface area contributed by atoms with Crippen molar-refractivity contribution < 1.29 is 14.3 Å². The highest BCUT2D eigenvalue weighted by atomic mass is 127. The molecule has 0 aliphatic heterocycles. The van der Waals surface area contributed by atoms with Gasteiger partial charge in [-0.3, -0.25) is 0 Å². The first kappa shape index (κ1) is 8.38. The van der Waals surface area contributed by atoms with E-state index in [9.17, 15) is 9.18 Å². The topological polar surface area (TPSA) is 50.2 Å². The van der Waals surface area contributed by atoms with E-state index in [1.165, 1.54) is 6.07 Å². The van der Waals surface area contributed by atoms with Gasteiger partial charge in [0.1, 0.15) is 3.70 Å². The third-order valence-corrected chi connectivity index (χ3v) is 1.64. The molecule has 0 aliphatic carbocycles. The van der Waals surface area contributed by atoms with Crippen LogP contribution in [0, 0.1) is 9.52 Å². The van der Waals surface area contributed by atoms with Gasteiger partial charge in [0.05, 0.1) is 11.8 Å². The normalized spacial score (nSPS) is 9.64. The number of carbonyl (C=O) groups is 1. The van der Waals surface area contributed by atoms with Gasteiger partial charge in [0.2, 0.25) is 0 Å². The van der Waals surface area contributed by atoms with E-state index >= 15 is 0 Å². The van der Waals surface area contributed by atoms with E-state index in [1.807, 2.05) is 22.6 Å². The maximum atomic E-state index is 12.6. The summed E-state index contributed by atoms with van der Waals surface area (Å²) < 4.78 is 13.0. The van der Waals surface area contributed by atoms with Gasteiger partial charge in [-0.05, 0) is 28.7 Å². The lowest BCUT2D eigenvalue weighted by molar-refractivity contribution is 0.0691. The predicted molar refractivity (Wildman–Crippen MR) is 43.9 cm³/mol. The number of rotatable bonds is 1. The summed E-state index contributed by atoms with van der Waals surface area (Å²) >= 11 is 1.81. The highest BCUT2D eigenvalue weighted by molar-refractivity contribution is 14.1. The van der Waals surface area contributed by atoms with Crippen molar-refractivity contribution in [2.75, 3.05) is 0 Å². The first-order valence-electron chi connectivity index (χ1n) is 2.65. The summed E-state index contributed by atoms with van der Waals surface area (Å²) in [6.45, 7) is 0. The molecule has 0 aromatic carbocycles. The molecule has 1 aromatic rings. The lowest BCUT2D eigenvalue weighted by atomic mass is 10.3. The maximum absolute atomic E-state index is 12.6. The van der Waals surface area contributed by atoms with Crippen molar-refractivity contribution in [3.8, 4) is 0 Å². The Morgan fingerprint density at radius 3 is 2.82 bits per heavy atom. The van der Waals surface area contributed by atoms with E-state index in [-0.39, 0.29) is 5.56 Å². The van der Waals surface area contributed by atoms with Crippen molar-refractivity contribution in [2.24, 2.45) is 0 Å². The Bertz CT molecular complexity index is 303. The summed E-state index contributed by atoms with van der Waals surface area (Å²) in [4.78, 5) is 13.9. The Hall–Kier alpha value is -0.720. The van der Waals surface area contributed by atoms with Crippen molar-refractivity contribution >= 4 is 28.6 Å². The van der Waals surface area contributed by atoms with Crippen LogP contribution in [0.1, 0.15) is 10.4 Å². The van der Waals surface area contributed by atoms with Crippen LogP contribution in [0.5, 0.6) is 0 Å². The van der Waals surface area contributed by atoms with Gasteiger partial charge in [-0.1, -0.05) is 0 Å². The second-order valence-corrected chi connectivity index (χ2v) is 2.90. The van der Waals surface area contributed by atoms with Crippen molar-refractivity contribution in [2.45, 2.75) is 0 Å². The predicted octanol–water partition coefficient (Wildman–Crippen LogP) is 1.52. The van der Waals surface area contributed by atoms with Gasteiger partial charge >= 0.3 is 5.97 Å². The first-order chi connectivity index (χ1) is 5.11. The molecule has 11 heavy (non-hydrogen) atoms. The fourth-order valence-corrected chi connectivity index (χ4v) is 1.03. The van der Waals surface area contributed by atoms with Gasteiger partial charge in [0, 0.05) is 0 Å². The summed E-state index contributed by atoms with van der Waals surface area (Å²) in [7, 11) is 0. The Labute approximate surface area is 75.4 Å². The number of carboxylic acid groups (broad SMARTS) is 1. The fourth-order valence-electron chi connectivity index (χ4n) is 0.577. The Kier molecular flexibility index (Phi) is 2.38. The molecule has 0 amide bonds. The molecule has 1 rings (SSSR count). The van der Waals surface area contributed by atoms with E-state index in [4.69, 9.17) is 5.11 Å². The van der Waals surface area contributed by atoms with E-state index in [0.717, 1.165) is 6.20 Å². The molecule has 0 saturated carbocycles. The van der Waals surface area contributed by atoms with Crippen LogP contribution in [0.15, 0.2) is 12.3 Å². The SMILES string of the molecule is O=C(O)c1cc(I)ncc1F. The fraction of sp³-hybridized carbons (Fsp3) is 0. The molecule has 0 fully saturated rings. The maximum Gasteiger partial charge on any atom is 0.338 e. The van der Waals surface area contributed by atoms with Crippen LogP contribution < -0.4 is 0 Å². The molecule has 5 heteroatoms. The molecular formula is C6H3FINO2. The van der Waals surface area contributed by atoms with Crippen LogP contribution in [0.3, 0.4) is 0 Å². The third-order valence-electron chi connectivity index (χ3n) is 1.05. The quantitative estimate of drug-likeness (QED) is 0.620. The number of aromatic nitrogens is 1. The number of pyridine rings is 1. The van der Waals surface area contributed by atoms with Gasteiger partial charge in [-0.15, -0.1) is 0 Å². The van der Waals surface area contributed by atoms with Gasteiger partial charge in [-0.25, -0.2) is 14.2 Å². The zero-order chi connectivity index (χ0) is 8.43. The molecule has 0 radical (unpaired) electrons. The molecular weight excluding hydrogens is 264 g/mol. The van der Waals surface area contributed by atoms with Crippen molar-refractivity contribution in [3.63, 3.8) is 0 Å². The average Bonchev–Trinajstić information content (AvgIpc) is 1.94. The van der Waals surface area contributed by atoms with Crippen molar-refractivity contribution in [1.29, 1.82) is 0 Å². The second kappa shape index (κ2) is 3.12. The van der Waals surface area contributed by atoms with E-state index in [0.29, 0.717) is 3.70 Å². The highest BCUT2D eigenvalue weighted by Crippen LogP contribution is 2.08. The van der Waals surface area contributed by atoms with Gasteiger partial charge in [-0.2, -0.15) is 0 Å². The Morgan fingerprint density at radius 2 is 2.36 bits per heavy atom. The number of halogens is 2.